The third kappa shape index (κ3) is 4.84. The van der Waals surface area contributed by atoms with Gasteiger partial charge in [-0.05, 0) is 61.7 Å². The van der Waals surface area contributed by atoms with Gasteiger partial charge < -0.3 is 13.5 Å². The van der Waals surface area contributed by atoms with E-state index in [1.165, 1.54) is 16.7 Å². The quantitative estimate of drug-likeness (QED) is 0.130. The van der Waals surface area contributed by atoms with Crippen molar-refractivity contribution < 1.29 is 25.8 Å². The minimum absolute atomic E-state index is 0. The second-order valence-electron chi connectivity index (χ2n) is 12.8. The van der Waals surface area contributed by atoms with Crippen LogP contribution < -0.4 is 4.74 Å². The molecule has 0 saturated heterocycles. The average Bonchev–Trinajstić information content (AvgIpc) is 3.78. The zero-order valence-electron chi connectivity index (χ0n) is 27.9. The monoisotopic (exact) mass is 839 g/mol. The van der Waals surface area contributed by atoms with Gasteiger partial charge in [-0.1, -0.05) is 93.8 Å². The van der Waals surface area contributed by atoms with Crippen LogP contribution in [0.2, 0.25) is 0 Å². The van der Waals surface area contributed by atoms with Crippen molar-refractivity contribution in [2.45, 2.75) is 20.8 Å². The van der Waals surface area contributed by atoms with E-state index in [-0.39, 0.29) is 21.1 Å². The van der Waals surface area contributed by atoms with Crippen LogP contribution in [0.5, 0.6) is 11.5 Å². The van der Waals surface area contributed by atoms with Crippen LogP contribution in [0.25, 0.3) is 77.4 Å². The Hall–Kier alpha value is -5.91. The molecule has 246 valence electrons. The number of aryl methyl sites for hydroxylation is 3. The molecule has 0 aliphatic rings. The Kier molecular flexibility index (Phi) is 7.23. The number of fused-ring (bicyclic) bond motifs is 12. The molecule has 0 N–H and O–H groups in total. The van der Waals surface area contributed by atoms with E-state index >= 15 is 0 Å². The molecule has 0 aliphatic heterocycles. The van der Waals surface area contributed by atoms with Gasteiger partial charge in [0, 0.05) is 41.8 Å². The van der Waals surface area contributed by atoms with E-state index in [2.05, 4.69) is 84.3 Å². The van der Waals surface area contributed by atoms with Crippen LogP contribution in [0, 0.1) is 32.9 Å². The van der Waals surface area contributed by atoms with Gasteiger partial charge in [0.2, 0.25) is 0 Å². The number of benzene rings is 4. The number of pyridine rings is 4. The first-order valence-corrected chi connectivity index (χ1v) is 16.6. The first-order valence-electron chi connectivity index (χ1n) is 16.6. The second kappa shape index (κ2) is 11.9. The van der Waals surface area contributed by atoms with Crippen molar-refractivity contribution in [2.75, 3.05) is 0 Å². The number of rotatable bonds is 4. The van der Waals surface area contributed by atoms with Crippen molar-refractivity contribution >= 4 is 54.9 Å². The number of imidazole rings is 2. The summed E-state index contributed by atoms with van der Waals surface area (Å²) in [6.45, 7) is 6.42. The summed E-state index contributed by atoms with van der Waals surface area (Å²) in [5, 5.41) is 3.58. The van der Waals surface area contributed by atoms with E-state index in [0.29, 0.717) is 11.5 Å². The van der Waals surface area contributed by atoms with Gasteiger partial charge in [0.15, 0.2) is 0 Å². The average molecular weight is 840 g/mol. The molecule has 0 saturated carbocycles. The molecule has 51 heavy (non-hydrogen) atoms. The maximum absolute atomic E-state index is 6.52. The maximum atomic E-state index is 6.52. The number of nitrogens with zero attached hydrogens (tertiary/aromatic N) is 6. The fraction of sp³-hybridized carbons (Fsp3) is 0.0698. The van der Waals surface area contributed by atoms with E-state index in [1.807, 2.05) is 73.2 Å². The minimum atomic E-state index is 0. The van der Waals surface area contributed by atoms with Crippen molar-refractivity contribution in [3.63, 3.8) is 0 Å². The van der Waals surface area contributed by atoms with Crippen molar-refractivity contribution in [1.82, 2.24) is 28.7 Å². The second-order valence-corrected chi connectivity index (χ2v) is 12.8. The first-order chi connectivity index (χ1) is 24.5. The van der Waals surface area contributed by atoms with E-state index in [9.17, 15) is 0 Å². The summed E-state index contributed by atoms with van der Waals surface area (Å²) in [6, 6.07) is 37.8. The molecule has 0 radical (unpaired) electrons. The first kappa shape index (κ1) is 31.1. The van der Waals surface area contributed by atoms with Crippen LogP contribution in [0.15, 0.2) is 116 Å². The predicted molar refractivity (Wildman–Crippen MR) is 199 cm³/mol. The summed E-state index contributed by atoms with van der Waals surface area (Å²) in [4.78, 5) is 19.7. The Labute approximate surface area is 307 Å². The number of hydrogen-bond acceptors (Lipinski definition) is 5. The largest absolute Gasteiger partial charge is 2.00 e. The molecular weight excluding hydrogens is 812 g/mol. The summed E-state index contributed by atoms with van der Waals surface area (Å²) >= 11 is 0. The zero-order chi connectivity index (χ0) is 33.5. The SMILES string of the molecule is Cc1cc(C)c(-c2cn3c4cccnc4c4ccc(Oc5[c-]c6c(cc5)c5ncccc5n5c(-c7ccccc7)cnc65)[c-]c4c3n2)c(C)c1.[Pt+2]. The fourth-order valence-electron chi connectivity index (χ4n) is 7.55. The van der Waals surface area contributed by atoms with Crippen LogP contribution in [0.4, 0.5) is 0 Å². The van der Waals surface area contributed by atoms with Crippen LogP contribution in [0.3, 0.4) is 0 Å². The van der Waals surface area contributed by atoms with Crippen molar-refractivity contribution in [1.29, 1.82) is 0 Å². The molecular formula is C43H28N6OPt. The summed E-state index contributed by atoms with van der Waals surface area (Å²) < 4.78 is 10.8. The normalized spacial score (nSPS) is 11.7. The van der Waals surface area contributed by atoms with Gasteiger partial charge in [-0.2, -0.15) is 0 Å². The molecule has 0 spiro atoms. The van der Waals surface area contributed by atoms with Gasteiger partial charge >= 0.3 is 21.1 Å². The molecule has 0 unspecified atom stereocenters. The van der Waals surface area contributed by atoms with Gasteiger partial charge in [-0.15, -0.1) is 12.1 Å². The molecule has 0 bridgehead atoms. The fourth-order valence-corrected chi connectivity index (χ4v) is 7.55. The van der Waals surface area contributed by atoms with Crippen LogP contribution >= 0.6 is 0 Å². The maximum Gasteiger partial charge on any atom is 2.00 e. The molecule has 0 amide bonds. The summed E-state index contributed by atoms with van der Waals surface area (Å²) in [5.41, 5.74) is 13.1. The Bertz CT molecular complexity index is 2980. The van der Waals surface area contributed by atoms with E-state index in [4.69, 9.17) is 24.7 Å². The van der Waals surface area contributed by atoms with Gasteiger partial charge in [0.25, 0.3) is 0 Å². The Morgan fingerprint density at radius 2 is 1.27 bits per heavy atom. The molecule has 0 atom stereocenters. The molecule has 6 heterocycles. The van der Waals surface area contributed by atoms with E-state index in [1.54, 1.807) is 0 Å². The third-order valence-electron chi connectivity index (χ3n) is 9.56. The van der Waals surface area contributed by atoms with Crippen molar-refractivity contribution in [2.24, 2.45) is 0 Å². The van der Waals surface area contributed by atoms with E-state index in [0.717, 1.165) is 77.4 Å². The smallest absolute Gasteiger partial charge is 0.497 e. The number of aromatic nitrogens is 6. The van der Waals surface area contributed by atoms with E-state index < -0.39 is 0 Å². The topological polar surface area (TPSA) is 69.6 Å². The molecule has 8 heteroatoms. The standard InChI is InChI=1S/C43H28N6O.Pt/c1-25-19-26(2)39(27(3)20-25)35-24-48-36-11-7-17-44-40(36)32-16-14-30(22-34(32)43(48)47-35)50-29-13-15-31-33(21-29)42-46-23-38(28-9-5-4-6-10-28)49(42)37-12-8-18-45-41(31)37;/h4-20,23-24H,1-3H3;/q-2;+2. The predicted octanol–water partition coefficient (Wildman–Crippen LogP) is 10.0. The Balaban J connectivity index is 0.00000348. The van der Waals surface area contributed by atoms with Crippen LogP contribution in [0.1, 0.15) is 16.7 Å². The summed E-state index contributed by atoms with van der Waals surface area (Å²) in [7, 11) is 0. The molecule has 0 aliphatic carbocycles. The summed E-state index contributed by atoms with van der Waals surface area (Å²) in [5.74, 6) is 1.11. The molecule has 4 aromatic carbocycles. The number of hydrogen-bond donors (Lipinski definition) is 0. The zero-order valence-corrected chi connectivity index (χ0v) is 30.1. The molecule has 10 aromatic rings. The van der Waals surface area contributed by atoms with Gasteiger partial charge in [-0.25, -0.2) is 0 Å². The van der Waals surface area contributed by atoms with Gasteiger partial charge in [0.1, 0.15) is 0 Å². The molecule has 0 fully saturated rings. The van der Waals surface area contributed by atoms with Crippen molar-refractivity contribution in [3.05, 3.63) is 145 Å². The molecule has 7 nitrogen and oxygen atoms in total. The minimum Gasteiger partial charge on any atom is -0.497 e. The van der Waals surface area contributed by atoms with Crippen LogP contribution in [-0.4, -0.2) is 28.7 Å². The third-order valence-corrected chi connectivity index (χ3v) is 9.56. The Morgan fingerprint density at radius 3 is 1.96 bits per heavy atom. The van der Waals surface area contributed by atoms with Crippen LogP contribution in [-0.2, 0) is 21.1 Å². The van der Waals surface area contributed by atoms with Gasteiger partial charge in [0.05, 0.1) is 44.7 Å². The number of ether oxygens (including phenoxy) is 1. The molecule has 6 aromatic heterocycles. The van der Waals surface area contributed by atoms with Gasteiger partial charge in [-0.3, -0.25) is 19.9 Å². The van der Waals surface area contributed by atoms with Crippen molar-refractivity contribution in [3.8, 4) is 34.0 Å². The molecule has 10 rings (SSSR count). The summed E-state index contributed by atoms with van der Waals surface area (Å²) in [6.07, 6.45) is 7.67. The Morgan fingerprint density at radius 1 is 0.647 bits per heavy atom.